The summed E-state index contributed by atoms with van der Waals surface area (Å²) in [5, 5.41) is 9.41. The second-order valence-corrected chi connectivity index (χ2v) is 7.30. The Kier molecular flexibility index (Phi) is 5.47. The van der Waals surface area contributed by atoms with E-state index < -0.39 is 12.0 Å². The van der Waals surface area contributed by atoms with E-state index in [9.17, 15) is 23.1 Å². The maximum atomic E-state index is 12.7. The third kappa shape index (κ3) is 4.09. The van der Waals surface area contributed by atoms with Gasteiger partial charge in [-0.2, -0.15) is 13.2 Å². The zero-order valence-corrected chi connectivity index (χ0v) is 17.2. The van der Waals surface area contributed by atoms with Gasteiger partial charge in [0.1, 0.15) is 5.75 Å². The maximum absolute atomic E-state index is 12.7. The SMILES string of the molecule is Cc1cc(Oc2cnc(C(F)(F)F)nc2)cc(-c2cn(CCO)c3ccc(=O)n(C)c23)c1. The molecule has 0 saturated carbocycles. The number of ether oxygens (including phenoxy) is 1. The van der Waals surface area contributed by atoms with Crippen molar-refractivity contribution < 1.29 is 23.0 Å². The van der Waals surface area contributed by atoms with Gasteiger partial charge in [0.25, 0.3) is 5.56 Å². The fraction of sp³-hybridized carbons (Fsp3) is 0.227. The first-order valence-electron chi connectivity index (χ1n) is 9.66. The number of aromatic nitrogens is 4. The average Bonchev–Trinajstić information content (AvgIpc) is 3.09. The van der Waals surface area contributed by atoms with Gasteiger partial charge in [0.05, 0.1) is 30.0 Å². The summed E-state index contributed by atoms with van der Waals surface area (Å²) in [6, 6.07) is 8.54. The monoisotopic (exact) mass is 444 g/mol. The van der Waals surface area contributed by atoms with Crippen molar-refractivity contribution in [3.05, 3.63) is 70.7 Å². The third-order valence-corrected chi connectivity index (χ3v) is 4.96. The molecule has 10 heteroatoms. The van der Waals surface area contributed by atoms with Crippen molar-refractivity contribution in [3.8, 4) is 22.6 Å². The quantitative estimate of drug-likeness (QED) is 0.505. The molecule has 0 aliphatic heterocycles. The summed E-state index contributed by atoms with van der Waals surface area (Å²) in [5.41, 5.74) is 3.65. The number of fused-ring (bicyclic) bond motifs is 1. The Bertz CT molecular complexity index is 1340. The van der Waals surface area contributed by atoms with Crippen LogP contribution in [0.15, 0.2) is 53.7 Å². The molecule has 32 heavy (non-hydrogen) atoms. The summed E-state index contributed by atoms with van der Waals surface area (Å²) in [5.74, 6) is -0.801. The maximum Gasteiger partial charge on any atom is 0.451 e. The van der Waals surface area contributed by atoms with Crippen LogP contribution in [0.25, 0.3) is 22.2 Å². The van der Waals surface area contributed by atoms with Crippen molar-refractivity contribution in [1.29, 1.82) is 0 Å². The number of hydrogen-bond acceptors (Lipinski definition) is 5. The molecule has 0 bridgehead atoms. The minimum absolute atomic E-state index is 0.0599. The van der Waals surface area contributed by atoms with Gasteiger partial charge in [-0.25, -0.2) is 9.97 Å². The Morgan fingerprint density at radius 2 is 1.81 bits per heavy atom. The molecule has 7 nitrogen and oxygen atoms in total. The van der Waals surface area contributed by atoms with E-state index in [1.165, 1.54) is 10.6 Å². The highest BCUT2D eigenvalue weighted by Gasteiger charge is 2.34. The first kappa shape index (κ1) is 21.6. The Balaban J connectivity index is 1.77. The van der Waals surface area contributed by atoms with Crippen molar-refractivity contribution >= 4 is 11.0 Å². The smallest absolute Gasteiger partial charge is 0.451 e. The number of hydrogen-bond donors (Lipinski definition) is 1. The molecule has 3 heterocycles. The summed E-state index contributed by atoms with van der Waals surface area (Å²) in [7, 11) is 1.67. The van der Waals surface area contributed by atoms with Crippen molar-refractivity contribution in [1.82, 2.24) is 19.1 Å². The van der Waals surface area contributed by atoms with E-state index in [4.69, 9.17) is 4.74 Å². The van der Waals surface area contributed by atoms with Crippen molar-refractivity contribution in [3.63, 3.8) is 0 Å². The largest absolute Gasteiger partial charge is 0.454 e. The molecule has 166 valence electrons. The molecule has 3 aromatic heterocycles. The molecule has 0 unspecified atom stereocenters. The standard InChI is InChI=1S/C22H19F3N4O3/c1-13-7-14(9-15(8-13)32-16-10-26-21(27-11-16)22(23,24)25)17-12-29(5-6-30)18-3-4-19(31)28(2)20(17)18/h3-4,7-12,30H,5-6H2,1-2H3. The lowest BCUT2D eigenvalue weighted by molar-refractivity contribution is -0.145. The fourth-order valence-electron chi connectivity index (χ4n) is 3.58. The zero-order chi connectivity index (χ0) is 23.0. The topological polar surface area (TPSA) is 82.2 Å². The molecule has 0 spiro atoms. The molecule has 0 saturated heterocycles. The van der Waals surface area contributed by atoms with Gasteiger partial charge in [0.15, 0.2) is 5.75 Å². The van der Waals surface area contributed by atoms with Crippen LogP contribution >= 0.6 is 0 Å². The summed E-state index contributed by atoms with van der Waals surface area (Å²) < 4.78 is 47.1. The predicted octanol–water partition coefficient (Wildman–Crippen LogP) is 3.91. The molecule has 1 aromatic carbocycles. The molecule has 0 atom stereocenters. The molecule has 0 radical (unpaired) electrons. The Morgan fingerprint density at radius 1 is 1.09 bits per heavy atom. The molecule has 0 fully saturated rings. The van der Waals surface area contributed by atoms with Gasteiger partial charge in [0.2, 0.25) is 5.82 Å². The number of aryl methyl sites for hydroxylation is 2. The molecule has 4 rings (SSSR count). The first-order chi connectivity index (χ1) is 15.2. The van der Waals surface area contributed by atoms with Gasteiger partial charge < -0.3 is 19.0 Å². The zero-order valence-electron chi connectivity index (χ0n) is 17.2. The van der Waals surface area contributed by atoms with Gasteiger partial charge in [-0.3, -0.25) is 4.79 Å². The highest BCUT2D eigenvalue weighted by atomic mass is 19.4. The minimum Gasteiger partial charge on any atom is -0.454 e. The number of benzene rings is 1. The van der Waals surface area contributed by atoms with Crippen LogP contribution in [0, 0.1) is 6.92 Å². The molecule has 0 amide bonds. The van der Waals surface area contributed by atoms with Crippen molar-refractivity contribution in [2.24, 2.45) is 7.05 Å². The van der Waals surface area contributed by atoms with E-state index in [-0.39, 0.29) is 17.9 Å². The highest BCUT2D eigenvalue weighted by molar-refractivity contribution is 5.93. The number of halogens is 3. The van der Waals surface area contributed by atoms with E-state index in [0.717, 1.165) is 34.6 Å². The molecule has 1 N–H and O–H groups in total. The van der Waals surface area contributed by atoms with Gasteiger partial charge >= 0.3 is 6.18 Å². The highest BCUT2D eigenvalue weighted by Crippen LogP contribution is 2.34. The minimum atomic E-state index is -4.63. The van der Waals surface area contributed by atoms with Crippen LogP contribution in [-0.4, -0.2) is 30.8 Å². The second kappa shape index (κ2) is 8.12. The lowest BCUT2D eigenvalue weighted by Gasteiger charge is -2.10. The summed E-state index contributed by atoms with van der Waals surface area (Å²) in [4.78, 5) is 18.9. The van der Waals surface area contributed by atoms with Crippen LogP contribution in [0.4, 0.5) is 13.2 Å². The van der Waals surface area contributed by atoms with E-state index in [2.05, 4.69) is 9.97 Å². The lowest BCUT2D eigenvalue weighted by Crippen LogP contribution is -2.15. The Labute approximate surface area is 180 Å². The number of aliphatic hydroxyl groups excluding tert-OH is 1. The van der Waals surface area contributed by atoms with Crippen LogP contribution in [0.5, 0.6) is 11.5 Å². The normalized spacial score (nSPS) is 11.8. The van der Waals surface area contributed by atoms with E-state index >= 15 is 0 Å². The van der Waals surface area contributed by atoms with Crippen molar-refractivity contribution in [2.75, 3.05) is 6.61 Å². The Morgan fingerprint density at radius 3 is 2.47 bits per heavy atom. The number of nitrogens with zero attached hydrogens (tertiary/aromatic N) is 4. The fourth-order valence-corrected chi connectivity index (χ4v) is 3.58. The molecular weight excluding hydrogens is 425 g/mol. The molecule has 0 aliphatic carbocycles. The summed E-state index contributed by atoms with van der Waals surface area (Å²) in [6.07, 6.45) is -0.850. The third-order valence-electron chi connectivity index (χ3n) is 4.96. The van der Waals surface area contributed by atoms with E-state index in [0.29, 0.717) is 17.8 Å². The molecule has 0 aliphatic rings. The predicted molar refractivity (Wildman–Crippen MR) is 112 cm³/mol. The number of pyridine rings is 1. The average molecular weight is 444 g/mol. The second-order valence-electron chi connectivity index (χ2n) is 7.30. The van der Waals surface area contributed by atoms with Gasteiger partial charge in [-0.05, 0) is 36.2 Å². The summed E-state index contributed by atoms with van der Waals surface area (Å²) in [6.45, 7) is 2.14. The van der Waals surface area contributed by atoms with Crippen LogP contribution in [0.2, 0.25) is 0 Å². The number of rotatable bonds is 5. The van der Waals surface area contributed by atoms with Crippen LogP contribution in [0.3, 0.4) is 0 Å². The van der Waals surface area contributed by atoms with Crippen LogP contribution in [-0.2, 0) is 19.8 Å². The molecular formula is C22H19F3N4O3. The lowest BCUT2D eigenvalue weighted by atomic mass is 10.0. The van der Waals surface area contributed by atoms with E-state index in [1.54, 1.807) is 25.2 Å². The summed E-state index contributed by atoms with van der Waals surface area (Å²) >= 11 is 0. The molecule has 4 aromatic rings. The van der Waals surface area contributed by atoms with Crippen LogP contribution in [0.1, 0.15) is 11.4 Å². The van der Waals surface area contributed by atoms with Crippen LogP contribution < -0.4 is 10.3 Å². The van der Waals surface area contributed by atoms with E-state index in [1.807, 2.05) is 23.8 Å². The van der Waals surface area contributed by atoms with Crippen molar-refractivity contribution in [2.45, 2.75) is 19.6 Å². The first-order valence-corrected chi connectivity index (χ1v) is 9.66. The van der Waals surface area contributed by atoms with Gasteiger partial charge in [-0.1, -0.05) is 6.07 Å². The Hall–Kier alpha value is -3.66. The van der Waals surface area contributed by atoms with Gasteiger partial charge in [-0.15, -0.1) is 0 Å². The van der Waals surface area contributed by atoms with Gasteiger partial charge in [0, 0.05) is 31.4 Å². The number of alkyl halides is 3. The number of aliphatic hydroxyl groups is 1.